The number of aromatic nitrogens is 3. The Morgan fingerprint density at radius 3 is 2.19 bits per heavy atom. The number of hydrogen-bond acceptors (Lipinski definition) is 8. The van der Waals surface area contributed by atoms with E-state index in [1.54, 1.807) is 24.3 Å². The number of hydrogen-bond donors (Lipinski definition) is 3. The fraction of sp³-hybridized carbons (Fsp3) is 0. The van der Waals surface area contributed by atoms with Crippen molar-refractivity contribution in [3.63, 3.8) is 0 Å². The number of anilines is 3. The van der Waals surface area contributed by atoms with Gasteiger partial charge in [0.1, 0.15) is 0 Å². The Kier molecular flexibility index (Phi) is 5.78. The predicted molar refractivity (Wildman–Crippen MR) is 101 cm³/mol. The lowest BCUT2D eigenvalue weighted by atomic mass is 10.2. The molecule has 8 nitrogen and oxygen atoms in total. The van der Waals surface area contributed by atoms with E-state index in [0.29, 0.717) is 16.3 Å². The molecule has 0 amide bonds. The van der Waals surface area contributed by atoms with Gasteiger partial charge in [-0.25, -0.2) is 5.48 Å². The Morgan fingerprint density at radius 2 is 1.59 bits per heavy atom. The quantitative estimate of drug-likeness (QED) is 0.489. The number of nitriles is 1. The molecule has 0 atom stereocenters. The maximum atomic E-state index is 9.14. The van der Waals surface area contributed by atoms with Crippen LogP contribution in [0.25, 0.3) is 0 Å². The van der Waals surface area contributed by atoms with Crippen molar-refractivity contribution in [1.82, 2.24) is 15.0 Å². The lowest BCUT2D eigenvalue weighted by Gasteiger charge is -2.11. The largest absolute Gasteiger partial charge is 0.421 e. The molecule has 0 radical (unpaired) electrons. The van der Waals surface area contributed by atoms with Crippen LogP contribution < -0.4 is 15.5 Å². The van der Waals surface area contributed by atoms with Gasteiger partial charge in [-0.15, -0.1) is 0 Å². The summed E-state index contributed by atoms with van der Waals surface area (Å²) in [6.07, 6.45) is 0. The summed E-state index contributed by atoms with van der Waals surface area (Å²) in [6, 6.07) is 11.3. The van der Waals surface area contributed by atoms with Gasteiger partial charge >= 0.3 is 6.01 Å². The van der Waals surface area contributed by atoms with E-state index < -0.39 is 0 Å². The Hall–Kier alpha value is -2.83. The van der Waals surface area contributed by atoms with E-state index in [1.807, 2.05) is 11.5 Å². The van der Waals surface area contributed by atoms with Crippen LogP contribution in [0.15, 0.2) is 36.4 Å². The summed E-state index contributed by atoms with van der Waals surface area (Å²) in [5, 5.41) is 21.5. The van der Waals surface area contributed by atoms with Crippen LogP contribution in [0.3, 0.4) is 0 Å². The molecule has 3 N–H and O–H groups in total. The molecule has 0 fully saturated rings. The van der Waals surface area contributed by atoms with Crippen molar-refractivity contribution in [3.8, 4) is 17.8 Å². The second kappa shape index (κ2) is 8.24. The molecular weight excluding hydrogens is 415 g/mol. The molecule has 2 aromatic carbocycles. The number of halogens is 3. The molecule has 0 saturated heterocycles. The molecule has 0 bridgehead atoms. The molecule has 0 unspecified atom stereocenters. The molecule has 1 aromatic heterocycles. The summed E-state index contributed by atoms with van der Waals surface area (Å²) >= 11 is 18.0. The van der Waals surface area contributed by atoms with Crippen LogP contribution in [0.4, 0.5) is 17.6 Å². The minimum absolute atomic E-state index is 0.0717. The van der Waals surface area contributed by atoms with Crippen molar-refractivity contribution in [2.24, 2.45) is 0 Å². The summed E-state index contributed by atoms with van der Waals surface area (Å²) in [5.74, 6) is 0.00182. The van der Waals surface area contributed by atoms with Crippen LogP contribution >= 0.6 is 34.8 Å². The van der Waals surface area contributed by atoms with Crippen molar-refractivity contribution >= 4 is 52.4 Å². The van der Waals surface area contributed by atoms with Gasteiger partial charge in [0, 0.05) is 10.7 Å². The second-order valence-corrected chi connectivity index (χ2v) is 6.24. The van der Waals surface area contributed by atoms with Crippen molar-refractivity contribution in [1.29, 1.82) is 5.26 Å². The van der Waals surface area contributed by atoms with Gasteiger partial charge in [0.15, 0.2) is 5.75 Å². The molecule has 0 spiro atoms. The molecule has 3 aromatic rings. The maximum Gasteiger partial charge on any atom is 0.328 e. The van der Waals surface area contributed by atoms with Crippen LogP contribution in [0.5, 0.6) is 11.8 Å². The van der Waals surface area contributed by atoms with E-state index in [4.69, 9.17) is 50.0 Å². The highest BCUT2D eigenvalue weighted by Crippen LogP contribution is 2.38. The topological polar surface area (TPSA) is 116 Å². The highest BCUT2D eigenvalue weighted by molar-refractivity contribution is 6.40. The summed E-state index contributed by atoms with van der Waals surface area (Å²) in [5.41, 5.74) is 2.94. The molecule has 27 heavy (non-hydrogen) atoms. The number of rotatable bonds is 5. The average molecular weight is 424 g/mol. The Balaban J connectivity index is 1.90. The first-order chi connectivity index (χ1) is 13.0. The molecule has 11 heteroatoms. The Bertz CT molecular complexity index is 1000. The summed E-state index contributed by atoms with van der Waals surface area (Å²) in [6.45, 7) is 0. The number of nitrogens with one attached hydrogen (secondary N) is 2. The zero-order chi connectivity index (χ0) is 19.4. The molecule has 0 saturated carbocycles. The maximum absolute atomic E-state index is 9.14. The minimum atomic E-state index is -0.177. The third-order valence-corrected chi connectivity index (χ3v) is 3.92. The first kappa shape index (κ1) is 18.9. The van der Waals surface area contributed by atoms with Crippen molar-refractivity contribution < 1.29 is 9.94 Å². The van der Waals surface area contributed by atoms with E-state index in [1.165, 1.54) is 12.1 Å². The number of nitrogens with zero attached hydrogens (tertiary/aromatic N) is 4. The van der Waals surface area contributed by atoms with Gasteiger partial charge in [-0.2, -0.15) is 20.2 Å². The van der Waals surface area contributed by atoms with E-state index in [-0.39, 0.29) is 33.7 Å². The van der Waals surface area contributed by atoms with Gasteiger partial charge in [0.2, 0.25) is 5.95 Å². The third kappa shape index (κ3) is 4.67. The third-order valence-electron chi connectivity index (χ3n) is 3.14. The van der Waals surface area contributed by atoms with Crippen molar-refractivity contribution in [3.05, 3.63) is 57.0 Å². The van der Waals surface area contributed by atoms with Gasteiger partial charge in [-0.1, -0.05) is 34.8 Å². The van der Waals surface area contributed by atoms with Gasteiger partial charge in [-0.3, -0.25) is 5.21 Å². The normalized spacial score (nSPS) is 10.2. The summed E-state index contributed by atoms with van der Waals surface area (Å²) in [4.78, 5) is 11.9. The summed E-state index contributed by atoms with van der Waals surface area (Å²) < 4.78 is 5.53. The lowest BCUT2D eigenvalue weighted by Crippen LogP contribution is -2.06. The van der Waals surface area contributed by atoms with Gasteiger partial charge in [0.25, 0.3) is 5.95 Å². The zero-order valence-corrected chi connectivity index (χ0v) is 15.5. The average Bonchev–Trinajstić information content (AvgIpc) is 2.65. The molecule has 0 aliphatic rings. The van der Waals surface area contributed by atoms with Crippen LogP contribution in [-0.4, -0.2) is 20.2 Å². The first-order valence-corrected chi connectivity index (χ1v) is 8.37. The fourth-order valence-corrected chi connectivity index (χ4v) is 2.88. The standard InChI is InChI=1S/C16H9Cl3N6O2/c17-9-5-11(18)13(12(19)6-9)27-16-23-14(22-15(24-16)25-26)21-10-3-1-8(7-20)2-4-10/h1-6,26H,(H2,21,22,23,24,25). The van der Waals surface area contributed by atoms with Crippen LogP contribution in [0.1, 0.15) is 5.56 Å². The van der Waals surface area contributed by atoms with E-state index in [2.05, 4.69) is 20.3 Å². The van der Waals surface area contributed by atoms with Crippen molar-refractivity contribution in [2.75, 3.05) is 10.8 Å². The van der Waals surface area contributed by atoms with E-state index in [0.717, 1.165) is 0 Å². The highest BCUT2D eigenvalue weighted by atomic mass is 35.5. The first-order valence-electron chi connectivity index (χ1n) is 7.24. The zero-order valence-electron chi connectivity index (χ0n) is 13.2. The van der Waals surface area contributed by atoms with Crippen LogP contribution in [0, 0.1) is 11.3 Å². The van der Waals surface area contributed by atoms with Gasteiger partial charge < -0.3 is 10.1 Å². The van der Waals surface area contributed by atoms with Gasteiger partial charge in [0.05, 0.1) is 21.7 Å². The highest BCUT2D eigenvalue weighted by Gasteiger charge is 2.14. The summed E-state index contributed by atoms with van der Waals surface area (Å²) in [7, 11) is 0. The number of benzene rings is 2. The molecule has 0 aliphatic heterocycles. The van der Waals surface area contributed by atoms with Crippen LogP contribution in [-0.2, 0) is 0 Å². The van der Waals surface area contributed by atoms with E-state index in [9.17, 15) is 0 Å². The Morgan fingerprint density at radius 1 is 0.963 bits per heavy atom. The van der Waals surface area contributed by atoms with E-state index >= 15 is 0 Å². The molecular formula is C16H9Cl3N6O2. The minimum Gasteiger partial charge on any atom is -0.421 e. The molecule has 3 rings (SSSR count). The molecule has 0 aliphatic carbocycles. The second-order valence-electron chi connectivity index (χ2n) is 4.99. The number of ether oxygens (including phenoxy) is 1. The fourth-order valence-electron chi connectivity index (χ4n) is 1.98. The smallest absolute Gasteiger partial charge is 0.328 e. The molecule has 136 valence electrons. The lowest BCUT2D eigenvalue weighted by molar-refractivity contribution is 0.377. The predicted octanol–water partition coefficient (Wildman–Crippen LogP) is 5.04. The van der Waals surface area contributed by atoms with Crippen LogP contribution in [0.2, 0.25) is 15.1 Å². The monoisotopic (exact) mass is 422 g/mol. The SMILES string of the molecule is N#Cc1ccc(Nc2nc(NO)nc(Oc3c(Cl)cc(Cl)cc3Cl)n2)cc1. The van der Waals surface area contributed by atoms with Crippen molar-refractivity contribution in [2.45, 2.75) is 0 Å². The molecule has 1 heterocycles. The Labute approximate surface area is 168 Å². The van der Waals surface area contributed by atoms with Gasteiger partial charge in [-0.05, 0) is 36.4 Å².